The van der Waals surface area contributed by atoms with Crippen molar-refractivity contribution in [3.05, 3.63) is 52.3 Å². The molecular weight excluding hydrogens is 444 g/mol. The molecule has 32 heavy (non-hydrogen) atoms. The molecule has 0 fully saturated rings. The highest BCUT2D eigenvalue weighted by Crippen LogP contribution is 2.26. The lowest BCUT2D eigenvalue weighted by Gasteiger charge is -2.22. The summed E-state index contributed by atoms with van der Waals surface area (Å²) in [5, 5.41) is 15.8. The van der Waals surface area contributed by atoms with Gasteiger partial charge in [0.2, 0.25) is 5.91 Å². The van der Waals surface area contributed by atoms with Crippen molar-refractivity contribution in [2.45, 2.75) is 52.4 Å². The van der Waals surface area contributed by atoms with Crippen molar-refractivity contribution in [2.75, 3.05) is 11.1 Å². The lowest BCUT2D eigenvalue weighted by molar-refractivity contribution is -0.113. The molecule has 0 bridgehead atoms. The van der Waals surface area contributed by atoms with E-state index in [1.54, 1.807) is 6.20 Å². The molecule has 170 valence electrons. The van der Waals surface area contributed by atoms with Gasteiger partial charge in [0.25, 0.3) is 5.91 Å². The third kappa shape index (κ3) is 5.95. The van der Waals surface area contributed by atoms with Gasteiger partial charge in [-0.15, -0.1) is 21.5 Å². The first-order chi connectivity index (χ1) is 15.3. The fraction of sp³-hybridized carbons (Fsp3) is 0.409. The van der Waals surface area contributed by atoms with Gasteiger partial charge in [-0.1, -0.05) is 43.3 Å². The van der Waals surface area contributed by atoms with Gasteiger partial charge >= 0.3 is 0 Å². The molecule has 2 N–H and O–H groups in total. The molecule has 2 aromatic heterocycles. The predicted molar refractivity (Wildman–Crippen MR) is 128 cm³/mol. The first-order valence-electron chi connectivity index (χ1n) is 10.4. The second kappa shape index (κ2) is 10.7. The van der Waals surface area contributed by atoms with Crippen molar-refractivity contribution in [2.24, 2.45) is 5.92 Å². The SMILES string of the molecule is CCn1c(SCC(=O)Nc2ncc(C)s2)nnc1[C@@H](NC(=O)c1ccc(C)cc1)C(C)C. The molecule has 0 aliphatic heterocycles. The van der Waals surface area contributed by atoms with Crippen LogP contribution >= 0.6 is 23.1 Å². The van der Waals surface area contributed by atoms with E-state index in [1.165, 1.54) is 23.1 Å². The average molecular weight is 473 g/mol. The second-order valence-corrected chi connectivity index (χ2v) is 9.94. The van der Waals surface area contributed by atoms with Crippen LogP contribution in [0, 0.1) is 19.8 Å². The lowest BCUT2D eigenvalue weighted by atomic mass is 10.0. The van der Waals surface area contributed by atoms with Crippen LogP contribution in [0.2, 0.25) is 0 Å². The van der Waals surface area contributed by atoms with Crippen LogP contribution in [-0.4, -0.2) is 37.3 Å². The number of aryl methyl sites for hydroxylation is 2. The van der Waals surface area contributed by atoms with E-state index >= 15 is 0 Å². The number of aromatic nitrogens is 4. The van der Waals surface area contributed by atoms with Gasteiger partial charge in [-0.3, -0.25) is 9.59 Å². The Labute approximate surface area is 196 Å². The van der Waals surface area contributed by atoms with E-state index < -0.39 is 0 Å². The number of nitrogens with one attached hydrogen (secondary N) is 2. The summed E-state index contributed by atoms with van der Waals surface area (Å²) in [5.74, 6) is 0.680. The molecular formula is C22H28N6O2S2. The Hall–Kier alpha value is -2.72. The zero-order valence-electron chi connectivity index (χ0n) is 18.9. The van der Waals surface area contributed by atoms with Crippen molar-refractivity contribution in [3.63, 3.8) is 0 Å². The summed E-state index contributed by atoms with van der Waals surface area (Å²) in [4.78, 5) is 30.3. The number of rotatable bonds is 9. The van der Waals surface area contributed by atoms with Gasteiger partial charge in [-0.05, 0) is 38.8 Å². The van der Waals surface area contributed by atoms with Gasteiger partial charge in [0, 0.05) is 23.2 Å². The fourth-order valence-corrected chi connectivity index (χ4v) is 4.58. The molecule has 3 rings (SSSR count). The van der Waals surface area contributed by atoms with E-state index in [4.69, 9.17) is 0 Å². The largest absolute Gasteiger partial charge is 0.342 e. The van der Waals surface area contributed by atoms with Crippen molar-refractivity contribution in [1.82, 2.24) is 25.1 Å². The maximum absolute atomic E-state index is 12.8. The van der Waals surface area contributed by atoms with E-state index in [9.17, 15) is 9.59 Å². The van der Waals surface area contributed by atoms with Crippen LogP contribution in [0.4, 0.5) is 5.13 Å². The Morgan fingerprint density at radius 3 is 2.47 bits per heavy atom. The van der Waals surface area contributed by atoms with Crippen molar-refractivity contribution >= 4 is 40.0 Å². The minimum atomic E-state index is -0.308. The highest BCUT2D eigenvalue weighted by atomic mass is 32.2. The van der Waals surface area contributed by atoms with Crippen LogP contribution in [0.3, 0.4) is 0 Å². The Balaban J connectivity index is 1.70. The molecule has 1 atom stereocenters. The number of hydrogen-bond acceptors (Lipinski definition) is 7. The first kappa shape index (κ1) is 23.9. The van der Waals surface area contributed by atoms with Crippen molar-refractivity contribution < 1.29 is 9.59 Å². The van der Waals surface area contributed by atoms with Gasteiger partial charge in [0.05, 0.1) is 11.8 Å². The van der Waals surface area contributed by atoms with E-state index in [2.05, 4.69) is 25.8 Å². The minimum absolute atomic E-state index is 0.105. The Morgan fingerprint density at radius 1 is 1.16 bits per heavy atom. The predicted octanol–water partition coefficient (Wildman–Crippen LogP) is 4.23. The maximum Gasteiger partial charge on any atom is 0.251 e. The van der Waals surface area contributed by atoms with Crippen molar-refractivity contribution in [1.29, 1.82) is 0 Å². The highest BCUT2D eigenvalue weighted by molar-refractivity contribution is 7.99. The number of hydrogen-bond donors (Lipinski definition) is 2. The number of nitrogens with zero attached hydrogens (tertiary/aromatic N) is 4. The van der Waals surface area contributed by atoms with Crippen LogP contribution in [0.5, 0.6) is 0 Å². The van der Waals surface area contributed by atoms with Crippen LogP contribution in [-0.2, 0) is 11.3 Å². The zero-order valence-corrected chi connectivity index (χ0v) is 20.5. The lowest BCUT2D eigenvalue weighted by Crippen LogP contribution is -2.33. The van der Waals surface area contributed by atoms with E-state index in [0.717, 1.165) is 10.4 Å². The van der Waals surface area contributed by atoms with Gasteiger partial charge < -0.3 is 15.2 Å². The number of benzene rings is 1. The summed E-state index contributed by atoms with van der Waals surface area (Å²) in [5.41, 5.74) is 1.70. The Bertz CT molecular complexity index is 1070. The highest BCUT2D eigenvalue weighted by Gasteiger charge is 2.26. The van der Waals surface area contributed by atoms with E-state index in [0.29, 0.717) is 28.2 Å². The molecule has 2 heterocycles. The van der Waals surface area contributed by atoms with Crippen molar-refractivity contribution in [3.8, 4) is 0 Å². The number of anilines is 1. The smallest absolute Gasteiger partial charge is 0.251 e. The quantitative estimate of drug-likeness (QED) is 0.452. The van der Waals surface area contributed by atoms with E-state index in [-0.39, 0.29) is 29.5 Å². The fourth-order valence-electron chi connectivity index (χ4n) is 3.09. The third-order valence-electron chi connectivity index (χ3n) is 4.81. The molecule has 8 nitrogen and oxygen atoms in total. The van der Waals surface area contributed by atoms with E-state index in [1.807, 2.05) is 63.5 Å². The summed E-state index contributed by atoms with van der Waals surface area (Å²) in [6.45, 7) is 10.6. The zero-order chi connectivity index (χ0) is 23.3. The van der Waals surface area contributed by atoms with Gasteiger partial charge in [0.1, 0.15) is 0 Å². The normalized spacial score (nSPS) is 12.1. The van der Waals surface area contributed by atoms with Crippen LogP contribution in [0.15, 0.2) is 35.6 Å². The molecule has 2 amide bonds. The molecule has 0 radical (unpaired) electrons. The number of thiazole rings is 1. The average Bonchev–Trinajstić information content (AvgIpc) is 3.35. The molecule has 0 unspecified atom stereocenters. The third-order valence-corrected chi connectivity index (χ3v) is 6.60. The number of carbonyl (C=O) groups is 2. The molecule has 1 aromatic carbocycles. The minimum Gasteiger partial charge on any atom is -0.342 e. The maximum atomic E-state index is 12.8. The molecule has 0 saturated heterocycles. The number of carbonyl (C=O) groups excluding carboxylic acids is 2. The van der Waals surface area contributed by atoms with Gasteiger partial charge in [0.15, 0.2) is 16.1 Å². The van der Waals surface area contributed by atoms with Crippen LogP contribution in [0.1, 0.15) is 53.4 Å². The Kier molecular flexibility index (Phi) is 8.03. The monoisotopic (exact) mass is 472 g/mol. The Morgan fingerprint density at radius 2 is 1.88 bits per heavy atom. The topological polar surface area (TPSA) is 102 Å². The molecule has 10 heteroatoms. The molecule has 0 aliphatic rings. The van der Waals surface area contributed by atoms with Crippen LogP contribution < -0.4 is 10.6 Å². The second-order valence-electron chi connectivity index (χ2n) is 7.76. The number of thioether (sulfide) groups is 1. The summed E-state index contributed by atoms with van der Waals surface area (Å²) in [6.07, 6.45) is 1.73. The molecule has 0 aliphatic carbocycles. The summed E-state index contributed by atoms with van der Waals surface area (Å²) >= 11 is 2.75. The van der Waals surface area contributed by atoms with Gasteiger partial charge in [-0.25, -0.2) is 4.98 Å². The number of amides is 2. The molecule has 0 spiro atoms. The summed E-state index contributed by atoms with van der Waals surface area (Å²) in [6, 6.07) is 7.16. The van der Waals surface area contributed by atoms with Crippen LogP contribution in [0.25, 0.3) is 0 Å². The molecule has 3 aromatic rings. The first-order valence-corrected chi connectivity index (χ1v) is 12.2. The summed E-state index contributed by atoms with van der Waals surface area (Å²) in [7, 11) is 0. The molecule has 0 saturated carbocycles. The summed E-state index contributed by atoms with van der Waals surface area (Å²) < 4.78 is 1.95. The standard InChI is InChI=1S/C22H28N6O2S2/c1-6-28-19(18(13(2)3)25-20(30)16-9-7-14(4)8-10-16)26-27-22(28)31-12-17(29)24-21-23-11-15(5)32-21/h7-11,13,18H,6,12H2,1-5H3,(H,25,30)(H,23,24,29)/t18-/m0/s1. The van der Waals surface area contributed by atoms with Gasteiger partial charge in [-0.2, -0.15) is 0 Å².